The molecule has 1 saturated heterocycles. The lowest BCUT2D eigenvalue weighted by atomic mass is 10.1. The normalized spacial score (nSPS) is 29.0. The highest BCUT2D eigenvalue weighted by atomic mass is 16.6. The predicted octanol–water partition coefficient (Wildman–Crippen LogP) is 1.93. The van der Waals surface area contributed by atoms with Crippen molar-refractivity contribution in [3.05, 3.63) is 65.2 Å². The quantitative estimate of drug-likeness (QED) is 0.625. The molecule has 24 heavy (non-hydrogen) atoms. The van der Waals surface area contributed by atoms with Crippen LogP contribution in [0, 0.1) is 0 Å². The highest BCUT2D eigenvalue weighted by molar-refractivity contribution is 6.21. The van der Waals surface area contributed by atoms with Crippen LogP contribution in [0.15, 0.2) is 48.5 Å². The van der Waals surface area contributed by atoms with Crippen molar-refractivity contribution < 1.29 is 19.1 Å². The molecule has 2 aromatic rings. The highest BCUT2D eigenvalue weighted by Crippen LogP contribution is 2.63. The van der Waals surface area contributed by atoms with Crippen molar-refractivity contribution in [2.24, 2.45) is 0 Å². The van der Waals surface area contributed by atoms with Crippen molar-refractivity contribution in [3.63, 3.8) is 0 Å². The summed E-state index contributed by atoms with van der Waals surface area (Å²) in [5.41, 5.74) is 0.208. The number of ketones is 1. The van der Waals surface area contributed by atoms with E-state index in [2.05, 4.69) is 0 Å². The number of hydrogen-bond acceptors (Lipinski definition) is 5. The minimum absolute atomic E-state index is 0.236. The molecular weight excluding hydrogens is 308 g/mol. The molecule has 2 aromatic carbocycles. The fourth-order valence-corrected chi connectivity index (χ4v) is 3.74. The molecule has 6 nitrogen and oxygen atoms in total. The van der Waals surface area contributed by atoms with Crippen LogP contribution in [0.3, 0.4) is 0 Å². The minimum Gasteiger partial charge on any atom is -0.461 e. The number of ether oxygens (including phenoxy) is 1. The molecule has 0 saturated carbocycles. The topological polar surface area (TPSA) is 66.7 Å². The Labute approximate surface area is 137 Å². The number of Topliss-reactive ketones (excluding diaryl/α,β-unsaturated/α-hetero) is 1. The SMILES string of the molecule is CC(=O)C12Oc3ccccc3C1N2N1C(=O)c2ccccc2C1=O. The average Bonchev–Trinajstić information content (AvgIpc) is 2.99. The van der Waals surface area contributed by atoms with E-state index in [9.17, 15) is 14.4 Å². The molecule has 0 spiro atoms. The molecule has 6 heteroatoms. The van der Waals surface area contributed by atoms with Crippen LogP contribution < -0.4 is 4.74 Å². The second kappa shape index (κ2) is 4.10. The van der Waals surface area contributed by atoms with Gasteiger partial charge in [-0.3, -0.25) is 14.4 Å². The van der Waals surface area contributed by atoms with Crippen molar-refractivity contribution in [2.45, 2.75) is 18.7 Å². The summed E-state index contributed by atoms with van der Waals surface area (Å²) >= 11 is 0. The van der Waals surface area contributed by atoms with Crippen LogP contribution in [0.1, 0.15) is 39.2 Å². The van der Waals surface area contributed by atoms with Gasteiger partial charge in [-0.2, -0.15) is 5.01 Å². The van der Waals surface area contributed by atoms with E-state index >= 15 is 0 Å². The van der Waals surface area contributed by atoms with Crippen LogP contribution in [0.2, 0.25) is 0 Å². The largest absolute Gasteiger partial charge is 0.461 e. The second-order valence-electron chi connectivity index (χ2n) is 6.11. The van der Waals surface area contributed by atoms with Gasteiger partial charge in [-0.1, -0.05) is 30.3 Å². The standard InChI is InChI=1S/C18H12N2O4/c1-10(21)18-15(13-8-4-5-9-14(13)24-18)20(18)19-16(22)11-6-2-3-7-12(11)17(19)23/h2-9,15H,1H3. The zero-order valence-corrected chi connectivity index (χ0v) is 12.7. The number of carbonyl (C=O) groups is 3. The van der Waals surface area contributed by atoms with Gasteiger partial charge in [0, 0.05) is 12.5 Å². The average molecular weight is 320 g/mol. The second-order valence-corrected chi connectivity index (χ2v) is 6.11. The number of rotatable bonds is 2. The number of para-hydroxylation sites is 1. The van der Waals surface area contributed by atoms with E-state index in [1.807, 2.05) is 18.2 Å². The number of imide groups is 1. The maximum Gasteiger partial charge on any atom is 0.276 e. The van der Waals surface area contributed by atoms with Crippen LogP contribution >= 0.6 is 0 Å². The van der Waals surface area contributed by atoms with E-state index in [1.54, 1.807) is 30.3 Å². The molecular formula is C18H12N2O4. The Balaban J connectivity index is 1.62. The molecule has 3 unspecified atom stereocenters. The van der Waals surface area contributed by atoms with Crippen LogP contribution in [0.25, 0.3) is 0 Å². The smallest absolute Gasteiger partial charge is 0.276 e. The maximum atomic E-state index is 12.7. The molecule has 5 rings (SSSR count). The Morgan fingerprint density at radius 2 is 1.58 bits per heavy atom. The first-order valence-electron chi connectivity index (χ1n) is 7.63. The van der Waals surface area contributed by atoms with Crippen LogP contribution in [0.5, 0.6) is 5.75 Å². The number of hydrazine groups is 1. The molecule has 3 aliphatic heterocycles. The summed E-state index contributed by atoms with van der Waals surface area (Å²) in [6.45, 7) is 1.41. The molecule has 0 aromatic heterocycles. The van der Waals surface area contributed by atoms with Crippen molar-refractivity contribution >= 4 is 17.6 Å². The van der Waals surface area contributed by atoms with E-state index in [0.717, 1.165) is 10.6 Å². The lowest BCUT2D eigenvalue weighted by Gasteiger charge is -2.22. The Morgan fingerprint density at radius 1 is 1.00 bits per heavy atom. The lowest BCUT2D eigenvalue weighted by Crippen LogP contribution is -2.44. The summed E-state index contributed by atoms with van der Waals surface area (Å²) in [5, 5.41) is 2.51. The molecule has 2 amide bonds. The van der Waals surface area contributed by atoms with E-state index in [1.165, 1.54) is 11.9 Å². The third-order valence-corrected chi connectivity index (χ3v) is 4.86. The number of hydrogen-bond donors (Lipinski definition) is 0. The summed E-state index contributed by atoms with van der Waals surface area (Å²) < 4.78 is 5.88. The summed E-state index contributed by atoms with van der Waals surface area (Å²) in [5.74, 6) is -0.468. The molecule has 118 valence electrons. The minimum atomic E-state index is -1.29. The zero-order valence-electron chi connectivity index (χ0n) is 12.7. The van der Waals surface area contributed by atoms with Crippen LogP contribution in [-0.2, 0) is 4.79 Å². The number of nitrogens with zero attached hydrogens (tertiary/aromatic N) is 2. The fourth-order valence-electron chi connectivity index (χ4n) is 3.74. The van der Waals surface area contributed by atoms with E-state index < -0.39 is 23.6 Å². The van der Waals surface area contributed by atoms with Crippen molar-refractivity contribution in [3.8, 4) is 5.75 Å². The maximum absolute atomic E-state index is 12.7. The van der Waals surface area contributed by atoms with Gasteiger partial charge in [-0.15, -0.1) is 5.01 Å². The summed E-state index contributed by atoms with van der Waals surface area (Å²) in [4.78, 5) is 37.7. The third kappa shape index (κ3) is 1.33. The first kappa shape index (κ1) is 13.4. The van der Waals surface area contributed by atoms with E-state index in [4.69, 9.17) is 4.74 Å². The summed E-state index contributed by atoms with van der Waals surface area (Å²) in [6, 6.07) is 13.5. The number of amides is 2. The van der Waals surface area contributed by atoms with Crippen LogP contribution in [-0.4, -0.2) is 33.3 Å². The zero-order chi connectivity index (χ0) is 16.6. The lowest BCUT2D eigenvalue weighted by molar-refractivity contribution is -0.130. The predicted molar refractivity (Wildman–Crippen MR) is 82.0 cm³/mol. The van der Waals surface area contributed by atoms with E-state index in [-0.39, 0.29) is 5.78 Å². The molecule has 3 atom stereocenters. The van der Waals surface area contributed by atoms with Gasteiger partial charge in [-0.05, 0) is 18.2 Å². The Bertz CT molecular complexity index is 919. The molecule has 0 N–H and O–H groups in total. The Morgan fingerprint density at radius 3 is 2.21 bits per heavy atom. The van der Waals surface area contributed by atoms with Crippen LogP contribution in [0.4, 0.5) is 0 Å². The Hall–Kier alpha value is -2.99. The van der Waals surface area contributed by atoms with E-state index in [0.29, 0.717) is 16.9 Å². The first-order valence-corrected chi connectivity index (χ1v) is 7.63. The van der Waals surface area contributed by atoms with Crippen molar-refractivity contribution in [1.82, 2.24) is 10.0 Å². The van der Waals surface area contributed by atoms with Crippen molar-refractivity contribution in [2.75, 3.05) is 0 Å². The first-order chi connectivity index (χ1) is 11.6. The number of fused-ring (bicyclic) bond motifs is 4. The number of benzene rings is 2. The molecule has 3 aliphatic rings. The highest BCUT2D eigenvalue weighted by Gasteiger charge is 2.78. The van der Waals surface area contributed by atoms with Gasteiger partial charge in [-0.25, -0.2) is 0 Å². The Kier molecular flexibility index (Phi) is 2.30. The third-order valence-electron chi connectivity index (χ3n) is 4.86. The van der Waals surface area contributed by atoms with Gasteiger partial charge >= 0.3 is 0 Å². The molecule has 0 aliphatic carbocycles. The van der Waals surface area contributed by atoms with Gasteiger partial charge in [0.05, 0.1) is 11.1 Å². The summed E-state index contributed by atoms with van der Waals surface area (Å²) in [6.07, 6.45) is 0. The fraction of sp³-hybridized carbons (Fsp3) is 0.167. The van der Waals surface area contributed by atoms with Crippen molar-refractivity contribution in [1.29, 1.82) is 0 Å². The van der Waals surface area contributed by atoms with Gasteiger partial charge in [0.1, 0.15) is 11.8 Å². The summed E-state index contributed by atoms with van der Waals surface area (Å²) in [7, 11) is 0. The van der Waals surface area contributed by atoms with Gasteiger partial charge in [0.15, 0.2) is 5.78 Å². The van der Waals surface area contributed by atoms with Gasteiger partial charge < -0.3 is 4.74 Å². The number of carbonyl (C=O) groups excluding carboxylic acids is 3. The van der Waals surface area contributed by atoms with Gasteiger partial charge in [0.25, 0.3) is 17.5 Å². The molecule has 0 radical (unpaired) electrons. The molecule has 0 bridgehead atoms. The molecule has 3 heterocycles. The van der Waals surface area contributed by atoms with Gasteiger partial charge in [0.2, 0.25) is 0 Å². The monoisotopic (exact) mass is 320 g/mol. The molecule has 1 fully saturated rings.